The molecule has 0 amide bonds. The average molecular weight is 245 g/mol. The molecular formula is C16H23NO. The molecule has 1 aromatic carbocycles. The monoisotopic (exact) mass is 245 g/mol. The lowest BCUT2D eigenvalue weighted by Crippen LogP contribution is -2.33. The molecule has 0 radical (unpaired) electrons. The van der Waals surface area contributed by atoms with Crippen LogP contribution in [0.15, 0.2) is 36.9 Å². The van der Waals surface area contributed by atoms with Crippen molar-refractivity contribution in [2.75, 3.05) is 13.7 Å². The van der Waals surface area contributed by atoms with E-state index in [1.807, 2.05) is 12.1 Å². The van der Waals surface area contributed by atoms with Crippen LogP contribution in [0.25, 0.3) is 0 Å². The fourth-order valence-corrected chi connectivity index (χ4v) is 2.12. The second kappa shape index (κ2) is 5.57. The van der Waals surface area contributed by atoms with Crippen molar-refractivity contribution in [2.24, 2.45) is 5.41 Å². The van der Waals surface area contributed by atoms with Crippen molar-refractivity contribution in [3.05, 3.63) is 42.5 Å². The van der Waals surface area contributed by atoms with Crippen molar-refractivity contribution in [2.45, 2.75) is 32.2 Å². The van der Waals surface area contributed by atoms with E-state index < -0.39 is 0 Å². The van der Waals surface area contributed by atoms with Crippen molar-refractivity contribution in [1.29, 1.82) is 0 Å². The van der Waals surface area contributed by atoms with Gasteiger partial charge in [-0.3, -0.25) is 0 Å². The van der Waals surface area contributed by atoms with E-state index in [9.17, 15) is 0 Å². The van der Waals surface area contributed by atoms with Gasteiger partial charge in [-0.15, -0.1) is 6.58 Å². The molecule has 0 saturated heterocycles. The molecule has 98 valence electrons. The molecular weight excluding hydrogens is 222 g/mol. The molecule has 1 atom stereocenters. The van der Waals surface area contributed by atoms with E-state index in [-0.39, 0.29) is 5.41 Å². The Labute approximate surface area is 110 Å². The van der Waals surface area contributed by atoms with Gasteiger partial charge in [-0.1, -0.05) is 25.1 Å². The molecule has 2 rings (SSSR count). The van der Waals surface area contributed by atoms with Crippen molar-refractivity contribution in [1.82, 2.24) is 5.32 Å². The summed E-state index contributed by atoms with van der Waals surface area (Å²) >= 11 is 0. The van der Waals surface area contributed by atoms with Crippen molar-refractivity contribution in [3.63, 3.8) is 0 Å². The summed E-state index contributed by atoms with van der Waals surface area (Å²) in [5.74, 6) is 0.925. The SMILES string of the molecule is C=CC(C)(CNC1CC1)Cc1cccc(OC)c1. The van der Waals surface area contributed by atoms with Gasteiger partial charge >= 0.3 is 0 Å². The molecule has 0 spiro atoms. The highest BCUT2D eigenvalue weighted by molar-refractivity contribution is 5.29. The largest absolute Gasteiger partial charge is 0.497 e. The van der Waals surface area contributed by atoms with Gasteiger partial charge in [-0.05, 0) is 37.0 Å². The minimum absolute atomic E-state index is 0.106. The highest BCUT2D eigenvalue weighted by Gasteiger charge is 2.26. The van der Waals surface area contributed by atoms with Crippen molar-refractivity contribution >= 4 is 0 Å². The number of rotatable bonds is 7. The first kappa shape index (κ1) is 13.2. The summed E-state index contributed by atoms with van der Waals surface area (Å²) < 4.78 is 5.27. The summed E-state index contributed by atoms with van der Waals surface area (Å²) in [5.41, 5.74) is 1.41. The molecule has 1 N–H and O–H groups in total. The molecule has 1 aliphatic rings. The van der Waals surface area contributed by atoms with E-state index in [0.29, 0.717) is 0 Å². The summed E-state index contributed by atoms with van der Waals surface area (Å²) in [6, 6.07) is 9.04. The van der Waals surface area contributed by atoms with Gasteiger partial charge in [-0.25, -0.2) is 0 Å². The van der Waals surface area contributed by atoms with Crippen LogP contribution < -0.4 is 10.1 Å². The van der Waals surface area contributed by atoms with Crippen LogP contribution in [-0.4, -0.2) is 19.7 Å². The number of methoxy groups -OCH3 is 1. The van der Waals surface area contributed by atoms with Gasteiger partial charge < -0.3 is 10.1 Å². The van der Waals surface area contributed by atoms with Gasteiger partial charge in [0, 0.05) is 18.0 Å². The van der Waals surface area contributed by atoms with Crippen LogP contribution in [0.4, 0.5) is 0 Å². The van der Waals surface area contributed by atoms with E-state index in [4.69, 9.17) is 4.74 Å². The van der Waals surface area contributed by atoms with Crippen LogP contribution in [0.2, 0.25) is 0 Å². The normalized spacial score (nSPS) is 18.1. The fraction of sp³-hybridized carbons (Fsp3) is 0.500. The lowest BCUT2D eigenvalue weighted by molar-refractivity contribution is 0.386. The third kappa shape index (κ3) is 3.61. The lowest BCUT2D eigenvalue weighted by atomic mass is 9.83. The minimum Gasteiger partial charge on any atom is -0.497 e. The topological polar surface area (TPSA) is 21.3 Å². The molecule has 0 aromatic heterocycles. The zero-order valence-corrected chi connectivity index (χ0v) is 11.4. The summed E-state index contributed by atoms with van der Waals surface area (Å²) in [4.78, 5) is 0. The quantitative estimate of drug-likeness (QED) is 0.745. The van der Waals surface area contributed by atoms with Gasteiger partial charge in [-0.2, -0.15) is 0 Å². The van der Waals surface area contributed by atoms with Crippen LogP contribution in [0.3, 0.4) is 0 Å². The first-order chi connectivity index (χ1) is 8.65. The van der Waals surface area contributed by atoms with Gasteiger partial charge in [0.1, 0.15) is 5.75 Å². The molecule has 1 unspecified atom stereocenters. The second-order valence-electron chi connectivity index (χ2n) is 5.54. The summed E-state index contributed by atoms with van der Waals surface area (Å²) in [7, 11) is 1.71. The van der Waals surface area contributed by atoms with E-state index in [2.05, 4.69) is 37.0 Å². The number of benzene rings is 1. The molecule has 1 saturated carbocycles. The number of ether oxygens (including phenoxy) is 1. The number of nitrogens with one attached hydrogen (secondary N) is 1. The van der Waals surface area contributed by atoms with E-state index >= 15 is 0 Å². The highest BCUT2D eigenvalue weighted by atomic mass is 16.5. The Hall–Kier alpha value is -1.28. The minimum atomic E-state index is 0.106. The molecule has 1 aromatic rings. The zero-order chi connectivity index (χ0) is 13.0. The Kier molecular flexibility index (Phi) is 4.07. The predicted octanol–water partition coefficient (Wildman–Crippen LogP) is 3.18. The van der Waals surface area contributed by atoms with E-state index in [1.54, 1.807) is 7.11 Å². The summed E-state index contributed by atoms with van der Waals surface area (Å²) in [6.07, 6.45) is 5.72. The molecule has 2 heteroatoms. The van der Waals surface area contributed by atoms with Gasteiger partial charge in [0.25, 0.3) is 0 Å². The Morgan fingerprint density at radius 1 is 1.50 bits per heavy atom. The van der Waals surface area contributed by atoms with E-state index in [0.717, 1.165) is 24.8 Å². The van der Waals surface area contributed by atoms with Crippen LogP contribution in [0.5, 0.6) is 5.75 Å². The van der Waals surface area contributed by atoms with Gasteiger partial charge in [0.15, 0.2) is 0 Å². The highest BCUT2D eigenvalue weighted by Crippen LogP contribution is 2.27. The predicted molar refractivity (Wildman–Crippen MR) is 76.0 cm³/mol. The maximum absolute atomic E-state index is 5.27. The maximum atomic E-state index is 5.27. The molecule has 0 aliphatic heterocycles. The van der Waals surface area contributed by atoms with Gasteiger partial charge in [0.05, 0.1) is 7.11 Å². The standard InChI is InChI=1S/C16H23NO/c1-4-16(2,12-17-14-8-9-14)11-13-6-5-7-15(10-13)18-3/h4-7,10,14,17H,1,8-9,11-12H2,2-3H3. The van der Waals surface area contributed by atoms with Crippen LogP contribution >= 0.6 is 0 Å². The maximum Gasteiger partial charge on any atom is 0.119 e. The van der Waals surface area contributed by atoms with E-state index in [1.165, 1.54) is 18.4 Å². The average Bonchev–Trinajstić information content (AvgIpc) is 3.21. The fourth-order valence-electron chi connectivity index (χ4n) is 2.12. The third-order valence-electron chi connectivity index (χ3n) is 3.61. The van der Waals surface area contributed by atoms with Crippen LogP contribution in [0, 0.1) is 5.41 Å². The zero-order valence-electron chi connectivity index (χ0n) is 11.4. The Morgan fingerprint density at radius 2 is 2.28 bits per heavy atom. The Morgan fingerprint density at radius 3 is 2.89 bits per heavy atom. The smallest absolute Gasteiger partial charge is 0.119 e. The molecule has 0 bridgehead atoms. The van der Waals surface area contributed by atoms with Gasteiger partial charge in [0.2, 0.25) is 0 Å². The number of hydrogen-bond acceptors (Lipinski definition) is 2. The molecule has 1 aliphatic carbocycles. The second-order valence-corrected chi connectivity index (χ2v) is 5.54. The summed E-state index contributed by atoms with van der Waals surface area (Å²) in [6.45, 7) is 7.26. The number of hydrogen-bond donors (Lipinski definition) is 1. The Balaban J connectivity index is 2.00. The third-order valence-corrected chi connectivity index (χ3v) is 3.61. The Bertz CT molecular complexity index is 411. The van der Waals surface area contributed by atoms with Crippen molar-refractivity contribution in [3.8, 4) is 5.75 Å². The van der Waals surface area contributed by atoms with Crippen LogP contribution in [-0.2, 0) is 6.42 Å². The summed E-state index contributed by atoms with van der Waals surface area (Å²) in [5, 5.41) is 3.59. The molecule has 0 heterocycles. The first-order valence-corrected chi connectivity index (χ1v) is 6.65. The lowest BCUT2D eigenvalue weighted by Gasteiger charge is -2.26. The van der Waals surface area contributed by atoms with Crippen LogP contribution in [0.1, 0.15) is 25.3 Å². The molecule has 18 heavy (non-hydrogen) atoms. The molecule has 2 nitrogen and oxygen atoms in total. The molecule has 1 fully saturated rings. The van der Waals surface area contributed by atoms with Crippen molar-refractivity contribution < 1.29 is 4.74 Å². The first-order valence-electron chi connectivity index (χ1n) is 6.65.